The van der Waals surface area contributed by atoms with E-state index in [-0.39, 0.29) is 0 Å². The highest BCUT2D eigenvalue weighted by Crippen LogP contribution is 2.49. The normalized spacial score (nSPS) is 15.7. The van der Waals surface area contributed by atoms with Crippen LogP contribution in [0.3, 0.4) is 0 Å². The van der Waals surface area contributed by atoms with Gasteiger partial charge in [0, 0.05) is 86.5 Å². The number of aromatic nitrogens is 3. The highest BCUT2D eigenvalue weighted by Gasteiger charge is 2.38. The third-order valence-corrected chi connectivity index (χ3v) is 22.4. The summed E-state index contributed by atoms with van der Waals surface area (Å²) in [6.45, 7) is 26.9. The predicted molar refractivity (Wildman–Crippen MR) is 427 cm³/mol. The summed E-state index contributed by atoms with van der Waals surface area (Å²) in [5, 5.41) is 14.1. The van der Waals surface area contributed by atoms with Crippen LogP contribution in [0.5, 0.6) is 0 Å². The van der Waals surface area contributed by atoms with Gasteiger partial charge in [-0.1, -0.05) is 155 Å². The number of rotatable bonds is 16. The third-order valence-electron chi connectivity index (χ3n) is 17.8. The van der Waals surface area contributed by atoms with Crippen molar-refractivity contribution in [2.75, 3.05) is 50.2 Å². The minimum Gasteiger partial charge on any atom is -0.479 e. The largest absolute Gasteiger partial charge is 0.479 e. The number of anilines is 2. The van der Waals surface area contributed by atoms with E-state index in [0.29, 0.717) is 32.5 Å². The second-order valence-corrected chi connectivity index (χ2v) is 34.4. The highest BCUT2D eigenvalue weighted by atomic mass is 79.9. The first-order chi connectivity index (χ1) is 48.8. The van der Waals surface area contributed by atoms with Crippen molar-refractivity contribution in [2.45, 2.75) is 143 Å². The molecule has 5 atom stereocenters. The van der Waals surface area contributed by atoms with Crippen LogP contribution in [0.1, 0.15) is 150 Å². The molecule has 1 N–H and O–H groups in total. The standard InChI is InChI=1S/C31H33ClN2O3S.C30H31ClN2O3S.C21H21BrClNO3S/c1-19-17-24-28(38-30(33-24)34-16-15-22(18-34)20-9-7-6-8-10-20)26(21-11-13-23(32)14-12-21)25(19)27(29(35)36-5)37-31(2,3)4;1-18-16-23-27(37-29(32-23)33-15-14-21(17-33)19-8-6-5-7-9-19)25(20-10-12-22(31)13-11-20)24(18)26(28(34)35)36-30(2,3)4;1-11-10-14-18(28-20(22)24-14)16(12-6-8-13(23)9-7-12)15(11)17(19(25)26-5)27-21(2,3)4/h6-14,17,22,27H,15-16,18H2,1-5H3;5-13,16,21,26H,14-15,17H2,1-4H3,(H,34,35);6-10,17H,1-5H3/t22?,27-;21?,26-;17-/m000/s1. The lowest BCUT2D eigenvalue weighted by molar-refractivity contribution is -0.164. The lowest BCUT2D eigenvalue weighted by Crippen LogP contribution is -2.29. The molecule has 538 valence electrons. The van der Waals surface area contributed by atoms with Crippen LogP contribution in [0, 0.1) is 20.8 Å². The van der Waals surface area contributed by atoms with Crippen molar-refractivity contribution >= 4 is 144 Å². The molecule has 0 bridgehead atoms. The fourth-order valence-corrected chi connectivity index (χ4v) is 17.6. The van der Waals surface area contributed by atoms with Gasteiger partial charge in [0.15, 0.2) is 32.5 Å². The number of carboxylic acids is 1. The molecule has 8 aromatic carbocycles. The zero-order valence-electron chi connectivity index (χ0n) is 60.2. The maximum Gasteiger partial charge on any atom is 0.339 e. The van der Waals surface area contributed by atoms with E-state index < -0.39 is 53.0 Å². The molecule has 21 heteroatoms. The molecule has 5 heterocycles. The van der Waals surface area contributed by atoms with E-state index in [9.17, 15) is 19.5 Å². The number of aryl methyl sites for hydroxylation is 3. The molecule has 14 nitrogen and oxygen atoms in total. The van der Waals surface area contributed by atoms with E-state index in [4.69, 9.17) is 68.5 Å². The number of carboxylic acid groups (broad SMARTS) is 1. The van der Waals surface area contributed by atoms with Crippen molar-refractivity contribution in [1.82, 2.24) is 15.0 Å². The maximum absolute atomic E-state index is 13.1. The fourth-order valence-electron chi connectivity index (χ4n) is 13.4. The Morgan fingerprint density at radius 1 is 0.476 bits per heavy atom. The van der Waals surface area contributed by atoms with Crippen LogP contribution in [-0.2, 0) is 38.1 Å². The van der Waals surface area contributed by atoms with E-state index in [1.165, 1.54) is 36.7 Å². The summed E-state index contributed by atoms with van der Waals surface area (Å²) in [6, 6.07) is 50.2. The molecule has 0 saturated carbocycles. The molecule has 2 unspecified atom stereocenters. The number of ether oxygens (including phenoxy) is 5. The number of hydrogen-bond acceptors (Lipinski definition) is 16. The molecule has 0 spiro atoms. The van der Waals surface area contributed by atoms with Gasteiger partial charge >= 0.3 is 17.9 Å². The molecule has 11 aromatic rings. The van der Waals surface area contributed by atoms with Crippen molar-refractivity contribution in [3.8, 4) is 33.4 Å². The van der Waals surface area contributed by atoms with Crippen molar-refractivity contribution in [1.29, 1.82) is 0 Å². The fraction of sp³-hybridized carbons (Fsp3) is 0.341. The molecule has 0 aliphatic carbocycles. The quantitative estimate of drug-likeness (QED) is 0.0909. The van der Waals surface area contributed by atoms with Crippen LogP contribution in [0.4, 0.5) is 10.3 Å². The Hall–Kier alpha value is -7.33. The van der Waals surface area contributed by atoms with E-state index in [0.717, 1.165) is 145 Å². The molecule has 13 rings (SSSR count). The van der Waals surface area contributed by atoms with Crippen molar-refractivity contribution in [3.63, 3.8) is 0 Å². The highest BCUT2D eigenvalue weighted by molar-refractivity contribution is 9.11. The second kappa shape index (κ2) is 32.2. The van der Waals surface area contributed by atoms with Gasteiger partial charge in [0.25, 0.3) is 0 Å². The number of fused-ring (bicyclic) bond motifs is 3. The Morgan fingerprint density at radius 2 is 0.786 bits per heavy atom. The lowest BCUT2D eigenvalue weighted by Gasteiger charge is -2.29. The molecule has 2 saturated heterocycles. The SMILES string of the molecule is COC(=O)[C@@H](OC(C)(C)C)c1c(C)cc2nc(Br)sc2c1-c1ccc(Cl)cc1.COC(=O)[C@@H](OC(C)(C)C)c1c(C)cc2nc(N3CCC(c4ccccc4)C3)sc2c1-c1ccc(Cl)cc1.Cc1cc2nc(N3CCC(c4ccccc4)C3)sc2c(-c2ccc(Cl)cc2)c1[C@H](OC(C)(C)C)C(=O)O. The average Bonchev–Trinajstić information content (AvgIpc) is 1.71. The van der Waals surface area contributed by atoms with Crippen LogP contribution in [0.25, 0.3) is 64.0 Å². The minimum atomic E-state index is -1.12. The van der Waals surface area contributed by atoms with Crippen LogP contribution < -0.4 is 9.80 Å². The Balaban J connectivity index is 0.000000157. The zero-order chi connectivity index (χ0) is 74.0. The van der Waals surface area contributed by atoms with Crippen molar-refractivity contribution < 1.29 is 43.2 Å². The average molecular weight is 1570 g/mol. The summed E-state index contributed by atoms with van der Waals surface area (Å²) in [5.74, 6) is -0.913. The van der Waals surface area contributed by atoms with Crippen LogP contribution in [-0.4, -0.2) is 95.2 Å². The first-order valence-corrected chi connectivity index (χ1v) is 38.5. The summed E-state index contributed by atoms with van der Waals surface area (Å²) < 4.78 is 32.7. The molecule has 0 radical (unpaired) electrons. The van der Waals surface area contributed by atoms with Gasteiger partial charge < -0.3 is 38.6 Å². The molecule has 2 aliphatic heterocycles. The van der Waals surface area contributed by atoms with Gasteiger partial charge in [-0.3, -0.25) is 0 Å². The number of carbonyl (C=O) groups is 3. The number of halogens is 4. The van der Waals surface area contributed by atoms with E-state index >= 15 is 0 Å². The van der Waals surface area contributed by atoms with Gasteiger partial charge in [-0.15, -0.1) is 11.3 Å². The molecular weight excluding hydrogens is 1480 g/mol. The Bertz CT molecular complexity index is 4860. The number of benzene rings is 8. The first-order valence-electron chi connectivity index (χ1n) is 34.1. The van der Waals surface area contributed by atoms with Gasteiger partial charge in [-0.25, -0.2) is 29.3 Å². The molecular formula is C82H85BrCl3N5O9S3. The third kappa shape index (κ3) is 18.1. The van der Waals surface area contributed by atoms with Crippen LogP contribution >= 0.6 is 84.7 Å². The smallest absolute Gasteiger partial charge is 0.339 e. The number of hydrogen-bond donors (Lipinski definition) is 1. The van der Waals surface area contributed by atoms with Gasteiger partial charge in [0.1, 0.15) is 0 Å². The summed E-state index contributed by atoms with van der Waals surface area (Å²) in [6.07, 6.45) is -0.682. The van der Waals surface area contributed by atoms with E-state index in [2.05, 4.69) is 97.4 Å². The monoisotopic (exact) mass is 1560 g/mol. The zero-order valence-corrected chi connectivity index (χ0v) is 66.6. The number of nitrogens with zero attached hydrogens (tertiary/aromatic N) is 5. The second-order valence-electron chi connectivity index (χ2n) is 28.9. The summed E-state index contributed by atoms with van der Waals surface area (Å²) in [7, 11) is 2.78. The van der Waals surface area contributed by atoms with E-state index in [1.54, 1.807) is 22.7 Å². The molecule has 2 fully saturated rings. The van der Waals surface area contributed by atoms with Crippen LogP contribution in [0.15, 0.2) is 156 Å². The molecule has 2 aliphatic rings. The Morgan fingerprint density at radius 3 is 1.11 bits per heavy atom. The number of esters is 2. The van der Waals surface area contributed by atoms with Gasteiger partial charge in [0.05, 0.1) is 61.7 Å². The molecule has 3 aromatic heterocycles. The summed E-state index contributed by atoms with van der Waals surface area (Å²) in [4.78, 5) is 57.8. The Labute approximate surface area is 638 Å². The van der Waals surface area contributed by atoms with Crippen molar-refractivity contribution in [3.05, 3.63) is 215 Å². The minimum absolute atomic E-state index is 0.424. The lowest BCUT2D eigenvalue weighted by atomic mass is 9.91. The van der Waals surface area contributed by atoms with Gasteiger partial charge in [-0.2, -0.15) is 0 Å². The number of aliphatic carboxylic acids is 1. The van der Waals surface area contributed by atoms with Crippen LogP contribution in [0.2, 0.25) is 15.1 Å². The predicted octanol–water partition coefficient (Wildman–Crippen LogP) is 22.5. The Kier molecular flexibility index (Phi) is 24.0. The number of carbonyl (C=O) groups excluding carboxylic acids is 2. The van der Waals surface area contributed by atoms with Crippen molar-refractivity contribution in [2.24, 2.45) is 0 Å². The van der Waals surface area contributed by atoms with Gasteiger partial charge in [0.2, 0.25) is 0 Å². The summed E-state index contributed by atoms with van der Waals surface area (Å²) in [5.41, 5.74) is 14.1. The van der Waals surface area contributed by atoms with E-state index in [1.807, 2.05) is 168 Å². The maximum atomic E-state index is 13.1. The number of methoxy groups -OCH3 is 2. The molecule has 103 heavy (non-hydrogen) atoms. The van der Waals surface area contributed by atoms with Gasteiger partial charge in [-0.05, 0) is 211 Å². The summed E-state index contributed by atoms with van der Waals surface area (Å²) >= 11 is 26.9. The number of thiazole rings is 3. The molecule has 0 amide bonds. The first kappa shape index (κ1) is 76.8. The topological polar surface area (TPSA) is 163 Å².